The van der Waals surface area contributed by atoms with Crippen molar-refractivity contribution in [2.24, 2.45) is 5.92 Å². The number of sulfone groups is 1. The van der Waals surface area contributed by atoms with Crippen LogP contribution in [0.4, 0.5) is 4.79 Å². The number of hydrogen-bond acceptors (Lipinski definition) is 6. The Balaban J connectivity index is 2.38. The summed E-state index contributed by atoms with van der Waals surface area (Å²) in [5.74, 6) is -0.699. The molecule has 2 N–H and O–H groups in total. The van der Waals surface area contributed by atoms with Crippen LogP contribution in [0, 0.1) is 5.92 Å². The van der Waals surface area contributed by atoms with Crippen LogP contribution in [0.2, 0.25) is 0 Å². The van der Waals surface area contributed by atoms with Gasteiger partial charge in [-0.1, -0.05) is 18.2 Å². The summed E-state index contributed by atoms with van der Waals surface area (Å²) in [6, 6.07) is 6.87. The molecule has 3 atom stereocenters. The number of likely N-dealkylation sites (tertiary alicyclic amines) is 1. The second kappa shape index (κ2) is 7.31. The molecule has 1 aromatic carbocycles. The number of rotatable bonds is 4. The van der Waals surface area contributed by atoms with Crippen LogP contribution < -0.4 is 0 Å². The zero-order valence-corrected chi connectivity index (χ0v) is 15.4. The highest BCUT2D eigenvalue weighted by Crippen LogP contribution is 2.34. The van der Waals surface area contributed by atoms with Gasteiger partial charge in [0.2, 0.25) is 0 Å². The van der Waals surface area contributed by atoms with Crippen molar-refractivity contribution in [1.82, 2.24) is 4.90 Å². The van der Waals surface area contributed by atoms with E-state index in [4.69, 9.17) is 4.74 Å². The number of aliphatic hydroxyl groups excluding tert-OH is 2. The van der Waals surface area contributed by atoms with E-state index in [2.05, 4.69) is 0 Å². The van der Waals surface area contributed by atoms with Crippen LogP contribution in [-0.4, -0.2) is 66.3 Å². The Kier molecular flexibility index (Phi) is 5.75. The molecule has 1 heterocycles. The molecule has 0 aromatic heterocycles. The number of carbonyl (C=O) groups excluding carboxylic acids is 1. The lowest BCUT2D eigenvalue weighted by Crippen LogP contribution is -2.46. The quantitative estimate of drug-likeness (QED) is 0.820. The van der Waals surface area contributed by atoms with Gasteiger partial charge in [-0.25, -0.2) is 13.2 Å². The van der Waals surface area contributed by atoms with Gasteiger partial charge in [-0.2, -0.15) is 0 Å². The van der Waals surface area contributed by atoms with E-state index in [-0.39, 0.29) is 11.4 Å². The molecule has 1 amide bonds. The van der Waals surface area contributed by atoms with Crippen molar-refractivity contribution in [3.8, 4) is 0 Å². The summed E-state index contributed by atoms with van der Waals surface area (Å²) in [5.41, 5.74) is -0.748. The van der Waals surface area contributed by atoms with E-state index >= 15 is 0 Å². The number of amides is 1. The fourth-order valence-electron chi connectivity index (χ4n) is 3.11. The van der Waals surface area contributed by atoms with Crippen LogP contribution in [-0.2, 0) is 14.6 Å². The maximum atomic E-state index is 13.0. The smallest absolute Gasteiger partial charge is 0.410 e. The minimum atomic E-state index is -3.84. The summed E-state index contributed by atoms with van der Waals surface area (Å²) in [5, 5.41) is 18.3. The van der Waals surface area contributed by atoms with Crippen LogP contribution in [0.3, 0.4) is 0 Å². The largest absolute Gasteiger partial charge is 0.444 e. The maximum absolute atomic E-state index is 13.0. The Bertz CT molecular complexity index is 698. The molecule has 1 aromatic rings. The van der Waals surface area contributed by atoms with Crippen molar-refractivity contribution in [3.05, 3.63) is 30.3 Å². The van der Waals surface area contributed by atoms with Gasteiger partial charge in [0.05, 0.1) is 22.8 Å². The van der Waals surface area contributed by atoms with Crippen molar-refractivity contribution in [1.29, 1.82) is 0 Å². The fraction of sp³-hybridized carbons (Fsp3) is 0.588. The summed E-state index contributed by atoms with van der Waals surface area (Å²) in [6.45, 7) is 4.18. The molecule has 2 rings (SSSR count). The van der Waals surface area contributed by atoms with Gasteiger partial charge < -0.3 is 19.8 Å². The third-order valence-corrected chi connectivity index (χ3v) is 6.50. The number of nitrogens with zero attached hydrogens (tertiary/aromatic N) is 1. The van der Waals surface area contributed by atoms with E-state index in [1.807, 2.05) is 0 Å². The van der Waals surface area contributed by atoms with Crippen LogP contribution in [0.5, 0.6) is 0 Å². The first-order valence-corrected chi connectivity index (χ1v) is 9.66. The van der Waals surface area contributed by atoms with Gasteiger partial charge in [0.15, 0.2) is 9.84 Å². The molecule has 140 valence electrons. The van der Waals surface area contributed by atoms with Gasteiger partial charge in [0, 0.05) is 19.1 Å². The van der Waals surface area contributed by atoms with Crippen molar-refractivity contribution in [2.45, 2.75) is 42.6 Å². The third kappa shape index (κ3) is 4.13. The number of aliphatic hydroxyl groups is 2. The SMILES string of the molecule is CC(C)(C)OC(=O)N1C[C@H](CO)C(S(=O)(=O)c2ccccc2)[C@H]1CO. The Morgan fingerprint density at radius 3 is 2.28 bits per heavy atom. The Hall–Kier alpha value is -1.64. The Morgan fingerprint density at radius 2 is 1.80 bits per heavy atom. The lowest BCUT2D eigenvalue weighted by Gasteiger charge is -2.29. The predicted octanol–water partition coefficient (Wildman–Crippen LogP) is 1.05. The highest BCUT2D eigenvalue weighted by Gasteiger charge is 2.51. The number of carbonyl (C=O) groups is 1. The van der Waals surface area contributed by atoms with Crippen molar-refractivity contribution in [2.75, 3.05) is 19.8 Å². The van der Waals surface area contributed by atoms with Gasteiger partial charge in [-0.3, -0.25) is 0 Å². The van der Waals surface area contributed by atoms with E-state index < -0.39 is 52.0 Å². The lowest BCUT2D eigenvalue weighted by atomic mass is 10.1. The minimum absolute atomic E-state index is 0.00731. The van der Waals surface area contributed by atoms with Crippen LogP contribution in [0.25, 0.3) is 0 Å². The second-order valence-corrected chi connectivity index (χ2v) is 9.25. The zero-order valence-electron chi connectivity index (χ0n) is 14.6. The van der Waals surface area contributed by atoms with Gasteiger partial charge in [0.1, 0.15) is 5.60 Å². The molecule has 0 saturated carbocycles. The first-order chi connectivity index (χ1) is 11.6. The first-order valence-electron chi connectivity index (χ1n) is 8.12. The van der Waals surface area contributed by atoms with Gasteiger partial charge in [-0.15, -0.1) is 0 Å². The van der Waals surface area contributed by atoms with Crippen molar-refractivity contribution in [3.63, 3.8) is 0 Å². The van der Waals surface area contributed by atoms with Crippen LogP contribution in [0.1, 0.15) is 20.8 Å². The normalized spacial score (nSPS) is 24.4. The number of benzene rings is 1. The molecule has 1 aliphatic rings. The highest BCUT2D eigenvalue weighted by molar-refractivity contribution is 7.92. The van der Waals surface area contributed by atoms with Crippen LogP contribution in [0.15, 0.2) is 35.2 Å². The molecule has 0 spiro atoms. The van der Waals surface area contributed by atoms with Crippen LogP contribution >= 0.6 is 0 Å². The van der Waals surface area contributed by atoms with Gasteiger partial charge >= 0.3 is 6.09 Å². The Labute approximate surface area is 148 Å². The van der Waals surface area contributed by atoms with E-state index in [0.717, 1.165) is 0 Å². The van der Waals surface area contributed by atoms with E-state index in [1.165, 1.54) is 17.0 Å². The summed E-state index contributed by atoms with van der Waals surface area (Å²) in [7, 11) is -3.84. The summed E-state index contributed by atoms with van der Waals surface area (Å²) in [4.78, 5) is 13.7. The summed E-state index contributed by atoms with van der Waals surface area (Å²) >= 11 is 0. The molecule has 1 saturated heterocycles. The molecule has 1 aliphatic heterocycles. The molecule has 0 aliphatic carbocycles. The molecule has 8 heteroatoms. The monoisotopic (exact) mass is 371 g/mol. The van der Waals surface area contributed by atoms with E-state index in [1.54, 1.807) is 39.0 Å². The zero-order chi connectivity index (χ0) is 18.8. The topological polar surface area (TPSA) is 104 Å². The van der Waals surface area contributed by atoms with Gasteiger partial charge in [0.25, 0.3) is 0 Å². The molecule has 1 unspecified atom stereocenters. The fourth-order valence-corrected chi connectivity index (χ4v) is 5.28. The maximum Gasteiger partial charge on any atom is 0.410 e. The molecule has 0 radical (unpaired) electrons. The molecule has 0 bridgehead atoms. The molecule has 7 nitrogen and oxygen atoms in total. The number of ether oxygens (including phenoxy) is 1. The number of hydrogen-bond donors (Lipinski definition) is 2. The standard InChI is InChI=1S/C17H25NO6S/c1-17(2,3)24-16(21)18-9-12(10-19)15(14(18)11-20)25(22,23)13-7-5-4-6-8-13/h4-8,12,14-15,19-20H,9-11H2,1-3H3/t12-,14-,15?/m1/s1. The van der Waals surface area contributed by atoms with Gasteiger partial charge in [-0.05, 0) is 32.9 Å². The van der Waals surface area contributed by atoms with Crippen molar-refractivity contribution >= 4 is 15.9 Å². The second-order valence-electron chi connectivity index (χ2n) is 7.15. The minimum Gasteiger partial charge on any atom is -0.444 e. The Morgan fingerprint density at radius 1 is 1.20 bits per heavy atom. The molecular weight excluding hydrogens is 346 g/mol. The summed E-state index contributed by atoms with van der Waals surface area (Å²) in [6.07, 6.45) is -0.698. The predicted molar refractivity (Wildman–Crippen MR) is 91.8 cm³/mol. The van der Waals surface area contributed by atoms with E-state index in [9.17, 15) is 23.4 Å². The van der Waals surface area contributed by atoms with E-state index in [0.29, 0.717) is 0 Å². The highest BCUT2D eigenvalue weighted by atomic mass is 32.2. The summed E-state index contributed by atoms with van der Waals surface area (Å²) < 4.78 is 31.4. The molecule has 25 heavy (non-hydrogen) atoms. The molecular formula is C17H25NO6S. The average molecular weight is 371 g/mol. The third-order valence-electron chi connectivity index (χ3n) is 4.15. The molecule has 1 fully saturated rings. The lowest BCUT2D eigenvalue weighted by molar-refractivity contribution is 0.0171. The van der Waals surface area contributed by atoms with Crippen molar-refractivity contribution < 1.29 is 28.2 Å². The average Bonchev–Trinajstić information content (AvgIpc) is 2.93. The first kappa shape index (κ1) is 19.7.